The molecule has 2 heterocycles. The first-order valence-electron chi connectivity index (χ1n) is 8.42. The third-order valence-corrected chi connectivity index (χ3v) is 4.84. The van der Waals surface area contributed by atoms with Crippen molar-refractivity contribution in [3.05, 3.63) is 39.4 Å². The first kappa shape index (κ1) is 34.1. The molecule has 0 saturated heterocycles. The molecule has 177 valence electrons. The molecule has 14 heteroatoms. The van der Waals surface area contributed by atoms with Crippen molar-refractivity contribution in [1.29, 1.82) is 0 Å². The number of aliphatic hydroxyl groups excluding tert-OH is 1. The number of hydrogen-bond donors (Lipinski definition) is 5. The van der Waals surface area contributed by atoms with Crippen molar-refractivity contribution in [2.45, 2.75) is 39.8 Å². The van der Waals surface area contributed by atoms with E-state index < -0.39 is 18.0 Å². The second-order valence-electron chi connectivity index (χ2n) is 5.75. The van der Waals surface area contributed by atoms with E-state index in [0.717, 1.165) is 18.2 Å². The Morgan fingerprint density at radius 3 is 2.29 bits per heavy atom. The van der Waals surface area contributed by atoms with Crippen LogP contribution in [0.15, 0.2) is 11.7 Å². The molecular weight excluding hydrogens is 509 g/mol. The minimum atomic E-state index is -1.12. The number of aliphatic hydroxyl groups is 1. The second-order valence-corrected chi connectivity index (χ2v) is 7.06. The van der Waals surface area contributed by atoms with E-state index in [9.17, 15) is 4.79 Å². The molecule has 1 radical (unpaired) electrons. The molecule has 6 N–H and O–H groups in total. The fourth-order valence-corrected chi connectivity index (χ4v) is 2.99. The van der Waals surface area contributed by atoms with Gasteiger partial charge in [-0.25, -0.2) is 9.97 Å². The number of anilines is 1. The number of nitrogen functional groups attached to an aromatic ring is 1. The summed E-state index contributed by atoms with van der Waals surface area (Å²) in [6, 6.07) is -1.07. The van der Waals surface area contributed by atoms with Gasteiger partial charge in [-0.2, -0.15) is 17.2 Å². The van der Waals surface area contributed by atoms with Crippen molar-refractivity contribution in [1.82, 2.24) is 9.97 Å². The summed E-state index contributed by atoms with van der Waals surface area (Å²) in [6.07, 6.45) is 2.47. The van der Waals surface area contributed by atoms with Gasteiger partial charge in [0.05, 0.1) is 10.4 Å². The Hall–Kier alpha value is -1.47. The summed E-state index contributed by atoms with van der Waals surface area (Å²) < 4.78 is 2.11. The summed E-state index contributed by atoms with van der Waals surface area (Å²) in [5.74, 6) is -0.654. The molecule has 0 bridgehead atoms. The van der Waals surface area contributed by atoms with Crippen LogP contribution in [-0.2, 0) is 39.6 Å². The minimum absolute atomic E-state index is 0. The summed E-state index contributed by atoms with van der Waals surface area (Å²) in [7, 11) is 0. The van der Waals surface area contributed by atoms with Gasteiger partial charge in [0.1, 0.15) is 11.6 Å². The molecule has 0 amide bonds. The van der Waals surface area contributed by atoms with Gasteiger partial charge in [0.25, 0.3) is 11.9 Å². The zero-order chi connectivity index (χ0) is 22.6. The predicted molar refractivity (Wildman–Crippen MR) is 113 cm³/mol. The Morgan fingerprint density at radius 1 is 1.35 bits per heavy atom. The number of aromatic nitrogens is 3. The number of thiazole rings is 1. The van der Waals surface area contributed by atoms with Crippen LogP contribution >= 0.6 is 24.0 Å². The summed E-state index contributed by atoms with van der Waals surface area (Å²) in [4.78, 5) is 28.2. The Balaban J connectivity index is -0.000000510. The third kappa shape index (κ3) is 14.3. The SMILES string of the molecule is CC(=O)O.Cc1ncc(C[n+]2csc(CCO)c2C)c(N)n1.[Cl-].[Mn].[NH-]C(CS)C(=O)O. The maximum Gasteiger partial charge on any atom is 0.300 e. The molecule has 0 aliphatic heterocycles. The van der Waals surface area contributed by atoms with Gasteiger partial charge in [0.2, 0.25) is 5.51 Å². The van der Waals surface area contributed by atoms with Crippen molar-refractivity contribution < 1.29 is 59.0 Å². The summed E-state index contributed by atoms with van der Waals surface area (Å²) in [5, 5.41) is 24.3. The molecule has 0 fully saturated rings. The molecule has 0 spiro atoms. The van der Waals surface area contributed by atoms with Crippen LogP contribution in [0.1, 0.15) is 28.9 Å². The maximum absolute atomic E-state index is 9.69. The normalized spacial score (nSPS) is 10.1. The van der Waals surface area contributed by atoms with Crippen LogP contribution in [0.25, 0.3) is 5.73 Å². The first-order chi connectivity index (χ1) is 13.5. The number of carboxylic acid groups (broad SMARTS) is 2. The smallest absolute Gasteiger partial charge is 0.300 e. The topological polar surface area (TPSA) is 174 Å². The quantitative estimate of drug-likeness (QED) is 0.162. The molecular formula is C17H27ClMnN5O5S2-. The third-order valence-electron chi connectivity index (χ3n) is 3.34. The number of carbonyl (C=O) groups is 2. The van der Waals surface area contributed by atoms with E-state index in [1.54, 1.807) is 17.5 Å². The average molecular weight is 536 g/mol. The summed E-state index contributed by atoms with van der Waals surface area (Å²) in [6.45, 7) is 5.80. The van der Waals surface area contributed by atoms with E-state index in [1.807, 2.05) is 19.4 Å². The molecule has 1 unspecified atom stereocenters. The zero-order valence-electron chi connectivity index (χ0n) is 17.2. The molecule has 2 aromatic rings. The van der Waals surface area contributed by atoms with Crippen LogP contribution in [0.5, 0.6) is 0 Å². The van der Waals surface area contributed by atoms with Gasteiger partial charge in [-0.1, -0.05) is 11.3 Å². The van der Waals surface area contributed by atoms with Crippen LogP contribution in [-0.4, -0.2) is 55.6 Å². The van der Waals surface area contributed by atoms with E-state index in [-0.39, 0.29) is 41.8 Å². The molecule has 0 saturated carbocycles. The predicted octanol–water partition coefficient (Wildman–Crippen LogP) is -1.88. The number of nitrogens with zero attached hydrogens (tertiary/aromatic N) is 3. The van der Waals surface area contributed by atoms with Crippen LogP contribution in [0.2, 0.25) is 0 Å². The number of aliphatic carboxylic acids is 2. The molecule has 0 aromatic carbocycles. The number of hydrogen-bond acceptors (Lipinski definition) is 8. The Labute approximate surface area is 207 Å². The number of aryl methyl sites for hydroxylation is 1. The largest absolute Gasteiger partial charge is 1.00 e. The van der Waals surface area contributed by atoms with Crippen LogP contribution in [0, 0.1) is 13.8 Å². The molecule has 0 aliphatic rings. The van der Waals surface area contributed by atoms with E-state index in [1.165, 1.54) is 4.88 Å². The van der Waals surface area contributed by atoms with Gasteiger partial charge in [0.15, 0.2) is 12.2 Å². The number of nitrogens with one attached hydrogen (secondary N) is 1. The van der Waals surface area contributed by atoms with E-state index in [0.29, 0.717) is 24.6 Å². The van der Waals surface area contributed by atoms with Gasteiger partial charge in [-0.15, -0.1) is 0 Å². The second kappa shape index (κ2) is 18.1. The fraction of sp³-hybridized carbons (Fsp3) is 0.471. The Kier molecular flexibility index (Phi) is 20.0. The number of carboxylic acids is 2. The molecule has 2 rings (SSSR count). The van der Waals surface area contributed by atoms with Gasteiger partial charge in [-0.3, -0.25) is 9.59 Å². The van der Waals surface area contributed by atoms with Crippen molar-refractivity contribution in [3.8, 4) is 0 Å². The van der Waals surface area contributed by atoms with Crippen LogP contribution < -0.4 is 22.7 Å². The van der Waals surface area contributed by atoms with Crippen molar-refractivity contribution in [3.63, 3.8) is 0 Å². The van der Waals surface area contributed by atoms with Gasteiger partial charge in [0, 0.05) is 50.1 Å². The number of thiol groups is 1. The molecule has 31 heavy (non-hydrogen) atoms. The summed E-state index contributed by atoms with van der Waals surface area (Å²) >= 11 is 5.24. The van der Waals surface area contributed by atoms with Crippen LogP contribution in [0.3, 0.4) is 0 Å². The Bertz CT molecular complexity index is 809. The average Bonchev–Trinajstić information content (AvgIpc) is 2.97. The summed E-state index contributed by atoms with van der Waals surface area (Å²) in [5.41, 5.74) is 16.6. The monoisotopic (exact) mass is 535 g/mol. The van der Waals surface area contributed by atoms with E-state index >= 15 is 0 Å². The zero-order valence-corrected chi connectivity index (χ0v) is 20.9. The maximum atomic E-state index is 9.69. The number of nitrogens with two attached hydrogens (primary N) is 1. The van der Waals surface area contributed by atoms with Gasteiger partial charge in [-0.05, 0) is 18.7 Å². The number of rotatable bonds is 6. The van der Waals surface area contributed by atoms with Crippen molar-refractivity contribution >= 4 is 41.7 Å². The van der Waals surface area contributed by atoms with E-state index in [4.69, 9.17) is 31.6 Å². The van der Waals surface area contributed by atoms with Crippen molar-refractivity contribution in [2.75, 3.05) is 18.1 Å². The fourth-order valence-electron chi connectivity index (χ4n) is 1.84. The molecule has 2 aromatic heterocycles. The minimum Gasteiger partial charge on any atom is -1.00 e. The molecule has 0 aliphatic carbocycles. The molecule has 1 atom stereocenters. The Morgan fingerprint density at radius 2 is 1.90 bits per heavy atom. The van der Waals surface area contributed by atoms with Gasteiger partial charge < -0.3 is 39.2 Å². The first-order valence-corrected chi connectivity index (χ1v) is 9.94. The van der Waals surface area contributed by atoms with Crippen LogP contribution in [0.4, 0.5) is 5.82 Å². The number of halogens is 1. The molecule has 10 nitrogen and oxygen atoms in total. The standard InChI is InChI=1S/C12H17N4OS.C3H6NO2S.C2H4O2.ClH.Mn/c1-8-11(3-4-17)18-7-16(8)6-10-5-14-9(2)15-12(10)13;4-2(1-7)3(5)6;1-2(3)4;;/h5,7,17H,3-4,6H2,1-2H3,(H2,13,14,15);2,4,7H,1H2,(H,5,6);1H3,(H,3,4);1H;/q+1;-1;;;/p-1. The van der Waals surface area contributed by atoms with Gasteiger partial charge >= 0.3 is 0 Å². The van der Waals surface area contributed by atoms with Crippen molar-refractivity contribution in [2.24, 2.45) is 0 Å². The van der Waals surface area contributed by atoms with E-state index in [2.05, 4.69) is 27.2 Å².